The Hall–Kier alpha value is -0.770. The van der Waals surface area contributed by atoms with Gasteiger partial charge in [0.15, 0.2) is 0 Å². The van der Waals surface area contributed by atoms with E-state index in [1.165, 1.54) is 0 Å². The summed E-state index contributed by atoms with van der Waals surface area (Å²) in [5.74, 6) is 0.855. The highest BCUT2D eigenvalue weighted by molar-refractivity contribution is 9.10. The van der Waals surface area contributed by atoms with E-state index in [1.54, 1.807) is 6.20 Å². The van der Waals surface area contributed by atoms with Gasteiger partial charge in [0, 0.05) is 5.54 Å². The van der Waals surface area contributed by atoms with Crippen LogP contribution in [0, 0.1) is 6.92 Å². The molecule has 3 nitrogen and oxygen atoms in total. The van der Waals surface area contributed by atoms with Crippen LogP contribution in [0.25, 0.3) is 0 Å². The van der Waals surface area contributed by atoms with Crippen LogP contribution in [-0.2, 0) is 0 Å². The second-order valence-electron chi connectivity index (χ2n) is 4.36. The molecule has 0 fully saturated rings. The number of nitrogens with zero attached hydrogens (tertiary/aromatic N) is 1. The average molecular weight is 272 g/mol. The Balaban J connectivity index is 3.02. The molecule has 0 aromatic carbocycles. The summed E-state index contributed by atoms with van der Waals surface area (Å²) in [6.07, 6.45) is 2.72. The molecular formula is C11H18BrN3. The summed E-state index contributed by atoms with van der Waals surface area (Å²) in [7, 11) is 0. The minimum atomic E-state index is 0.0398. The van der Waals surface area contributed by atoms with Gasteiger partial charge in [-0.2, -0.15) is 0 Å². The molecule has 3 N–H and O–H groups in total. The molecule has 0 spiro atoms. The van der Waals surface area contributed by atoms with E-state index in [1.807, 2.05) is 6.92 Å². The summed E-state index contributed by atoms with van der Waals surface area (Å²) in [6, 6.07) is 0. The molecule has 4 heteroatoms. The van der Waals surface area contributed by atoms with Crippen molar-refractivity contribution in [1.82, 2.24) is 4.98 Å². The van der Waals surface area contributed by atoms with E-state index in [2.05, 4.69) is 47.0 Å². The Morgan fingerprint density at radius 3 is 2.67 bits per heavy atom. The number of nitrogen functional groups attached to an aromatic ring is 1. The molecular weight excluding hydrogens is 254 g/mol. The summed E-state index contributed by atoms with van der Waals surface area (Å²) in [6.45, 7) is 8.41. The van der Waals surface area contributed by atoms with E-state index in [4.69, 9.17) is 5.73 Å². The lowest BCUT2D eigenvalue weighted by molar-refractivity contribution is 0.544. The van der Waals surface area contributed by atoms with Crippen LogP contribution < -0.4 is 11.1 Å². The Morgan fingerprint density at radius 2 is 2.13 bits per heavy atom. The first-order valence-electron chi connectivity index (χ1n) is 5.06. The van der Waals surface area contributed by atoms with Gasteiger partial charge in [0.1, 0.15) is 5.82 Å². The fourth-order valence-electron chi connectivity index (χ4n) is 1.09. The van der Waals surface area contributed by atoms with Crippen LogP contribution in [0.5, 0.6) is 0 Å². The molecule has 1 rings (SSSR count). The highest BCUT2D eigenvalue weighted by atomic mass is 79.9. The zero-order valence-electron chi connectivity index (χ0n) is 9.69. The van der Waals surface area contributed by atoms with Crippen molar-refractivity contribution in [3.05, 3.63) is 16.2 Å². The van der Waals surface area contributed by atoms with Crippen LogP contribution in [0.3, 0.4) is 0 Å². The van der Waals surface area contributed by atoms with Gasteiger partial charge < -0.3 is 11.1 Å². The summed E-state index contributed by atoms with van der Waals surface area (Å²) in [5, 5.41) is 3.39. The maximum atomic E-state index is 5.77. The van der Waals surface area contributed by atoms with Gasteiger partial charge >= 0.3 is 0 Å². The van der Waals surface area contributed by atoms with E-state index < -0.39 is 0 Å². The minimum Gasteiger partial charge on any atom is -0.397 e. The van der Waals surface area contributed by atoms with Gasteiger partial charge in [0.25, 0.3) is 0 Å². The lowest BCUT2D eigenvalue weighted by Crippen LogP contribution is -2.30. The van der Waals surface area contributed by atoms with Gasteiger partial charge in [-0.05, 0) is 48.7 Å². The molecule has 0 aliphatic carbocycles. The largest absolute Gasteiger partial charge is 0.397 e. The molecule has 0 aliphatic rings. The fraction of sp³-hybridized carbons (Fsp3) is 0.545. The Bertz CT molecular complexity index is 361. The number of aromatic nitrogens is 1. The first-order valence-corrected chi connectivity index (χ1v) is 5.85. The zero-order chi connectivity index (χ0) is 11.6. The molecule has 15 heavy (non-hydrogen) atoms. The molecule has 0 saturated heterocycles. The summed E-state index contributed by atoms with van der Waals surface area (Å²) >= 11 is 3.51. The number of halogens is 1. The highest BCUT2D eigenvalue weighted by Gasteiger charge is 2.17. The predicted octanol–water partition coefficient (Wildman–Crippen LogP) is 3.34. The molecule has 0 saturated carbocycles. The standard InChI is InChI=1S/C11H18BrN3/c1-5-11(3,4)15-10-9(12)7(2)8(13)6-14-10/h6H,5,13H2,1-4H3,(H,14,15). The van der Waals surface area contributed by atoms with E-state index in [9.17, 15) is 0 Å². The van der Waals surface area contributed by atoms with Crippen LogP contribution in [0.15, 0.2) is 10.7 Å². The van der Waals surface area contributed by atoms with Crippen molar-refractivity contribution in [3.63, 3.8) is 0 Å². The average Bonchev–Trinajstić information content (AvgIpc) is 2.19. The van der Waals surface area contributed by atoms with Gasteiger partial charge in [-0.3, -0.25) is 0 Å². The molecule has 1 aromatic heterocycles. The van der Waals surface area contributed by atoms with Crippen molar-refractivity contribution < 1.29 is 0 Å². The number of pyridine rings is 1. The normalized spacial score (nSPS) is 11.5. The van der Waals surface area contributed by atoms with Gasteiger partial charge in [-0.25, -0.2) is 4.98 Å². The number of hydrogen-bond acceptors (Lipinski definition) is 3. The Labute approximate surface area is 99.6 Å². The lowest BCUT2D eigenvalue weighted by atomic mass is 10.0. The lowest BCUT2D eigenvalue weighted by Gasteiger charge is -2.26. The van der Waals surface area contributed by atoms with E-state index >= 15 is 0 Å². The number of anilines is 2. The number of rotatable bonds is 3. The zero-order valence-corrected chi connectivity index (χ0v) is 11.3. The Morgan fingerprint density at radius 1 is 1.53 bits per heavy atom. The summed E-state index contributed by atoms with van der Waals surface area (Å²) in [4.78, 5) is 4.29. The van der Waals surface area contributed by atoms with Gasteiger partial charge in [0.2, 0.25) is 0 Å². The molecule has 0 radical (unpaired) electrons. The monoisotopic (exact) mass is 271 g/mol. The molecule has 84 valence electrons. The van der Waals surface area contributed by atoms with Gasteiger partial charge in [0.05, 0.1) is 16.4 Å². The van der Waals surface area contributed by atoms with E-state index in [0.29, 0.717) is 5.69 Å². The minimum absolute atomic E-state index is 0.0398. The maximum absolute atomic E-state index is 5.77. The smallest absolute Gasteiger partial charge is 0.141 e. The van der Waals surface area contributed by atoms with Crippen LogP contribution >= 0.6 is 15.9 Å². The van der Waals surface area contributed by atoms with Crippen LogP contribution in [0.2, 0.25) is 0 Å². The summed E-state index contributed by atoms with van der Waals surface area (Å²) < 4.78 is 0.948. The highest BCUT2D eigenvalue weighted by Crippen LogP contribution is 2.29. The quantitative estimate of drug-likeness (QED) is 0.887. The molecule has 0 unspecified atom stereocenters. The SMILES string of the molecule is CCC(C)(C)Nc1ncc(N)c(C)c1Br. The molecule has 0 atom stereocenters. The second kappa shape index (κ2) is 4.39. The Kier molecular flexibility index (Phi) is 3.60. The third-order valence-corrected chi connectivity index (χ3v) is 3.61. The third kappa shape index (κ3) is 2.84. The molecule has 1 aromatic rings. The summed E-state index contributed by atoms with van der Waals surface area (Å²) in [5.41, 5.74) is 7.54. The maximum Gasteiger partial charge on any atom is 0.141 e. The number of nitrogens with two attached hydrogens (primary N) is 1. The van der Waals surface area contributed by atoms with Crippen molar-refractivity contribution in [2.75, 3.05) is 11.1 Å². The van der Waals surface area contributed by atoms with Crippen molar-refractivity contribution in [2.24, 2.45) is 0 Å². The molecule has 1 heterocycles. The topological polar surface area (TPSA) is 50.9 Å². The van der Waals surface area contributed by atoms with Gasteiger partial charge in [-0.15, -0.1) is 0 Å². The number of nitrogens with one attached hydrogen (secondary N) is 1. The van der Waals surface area contributed by atoms with Gasteiger partial charge in [-0.1, -0.05) is 6.92 Å². The van der Waals surface area contributed by atoms with E-state index in [-0.39, 0.29) is 5.54 Å². The van der Waals surface area contributed by atoms with Crippen LogP contribution in [0.1, 0.15) is 32.8 Å². The van der Waals surface area contributed by atoms with Crippen molar-refractivity contribution >= 4 is 27.4 Å². The van der Waals surface area contributed by atoms with E-state index in [0.717, 1.165) is 22.3 Å². The molecule has 0 amide bonds. The second-order valence-corrected chi connectivity index (χ2v) is 5.16. The van der Waals surface area contributed by atoms with Crippen molar-refractivity contribution in [2.45, 2.75) is 39.7 Å². The van der Waals surface area contributed by atoms with Crippen LogP contribution in [0.4, 0.5) is 11.5 Å². The fourth-order valence-corrected chi connectivity index (χ4v) is 1.52. The first kappa shape index (κ1) is 12.3. The third-order valence-electron chi connectivity index (χ3n) is 2.64. The molecule has 0 aliphatic heterocycles. The predicted molar refractivity (Wildman–Crippen MR) is 69.1 cm³/mol. The number of hydrogen-bond donors (Lipinski definition) is 2. The molecule has 0 bridgehead atoms. The van der Waals surface area contributed by atoms with Crippen molar-refractivity contribution in [3.8, 4) is 0 Å². The van der Waals surface area contributed by atoms with Crippen molar-refractivity contribution in [1.29, 1.82) is 0 Å². The van der Waals surface area contributed by atoms with Crippen LogP contribution in [-0.4, -0.2) is 10.5 Å². The first-order chi connectivity index (χ1) is 6.87.